The van der Waals surface area contributed by atoms with Crippen LogP contribution in [0, 0.1) is 0 Å². The van der Waals surface area contributed by atoms with Gasteiger partial charge in [-0.05, 0) is 54.4 Å². The van der Waals surface area contributed by atoms with Crippen LogP contribution in [0.1, 0.15) is 20.3 Å². The van der Waals surface area contributed by atoms with E-state index in [1.165, 1.54) is 0 Å². The van der Waals surface area contributed by atoms with Crippen LogP contribution in [0.15, 0.2) is 22.7 Å². The second-order valence-electron chi connectivity index (χ2n) is 4.54. The molecule has 0 saturated carbocycles. The largest absolute Gasteiger partial charge is 0.399 e. The number of nitrogen functional groups attached to an aromatic ring is 1. The third-order valence-electron chi connectivity index (χ3n) is 3.30. The molecule has 3 N–H and O–H groups in total. The summed E-state index contributed by atoms with van der Waals surface area (Å²) in [5.74, 6) is 0. The molecule has 1 aromatic rings. The van der Waals surface area contributed by atoms with Crippen molar-refractivity contribution in [2.24, 2.45) is 0 Å². The molecule has 0 aromatic heterocycles. The molecule has 1 aliphatic heterocycles. The monoisotopic (exact) mass is 284 g/mol. The van der Waals surface area contributed by atoms with E-state index in [4.69, 9.17) is 10.5 Å². The molecule has 2 atom stereocenters. The zero-order chi connectivity index (χ0) is 11.8. The smallest absolute Gasteiger partial charge is 0.0774 e. The summed E-state index contributed by atoms with van der Waals surface area (Å²) >= 11 is 3.52. The number of ether oxygens (including phenoxy) is 1. The molecule has 1 fully saturated rings. The summed E-state index contributed by atoms with van der Waals surface area (Å²) in [6.07, 6.45) is 1.24. The Balaban J connectivity index is 2.20. The molecule has 3 nitrogen and oxygen atoms in total. The number of rotatable bonds is 2. The number of anilines is 2. The highest BCUT2D eigenvalue weighted by atomic mass is 79.9. The lowest BCUT2D eigenvalue weighted by Gasteiger charge is -2.30. The number of hydrogen-bond acceptors (Lipinski definition) is 3. The summed E-state index contributed by atoms with van der Waals surface area (Å²) in [4.78, 5) is 0. The third kappa shape index (κ3) is 2.18. The molecular formula is C12H17BrN2O. The van der Waals surface area contributed by atoms with Gasteiger partial charge in [0.1, 0.15) is 0 Å². The van der Waals surface area contributed by atoms with Crippen molar-refractivity contribution >= 4 is 27.3 Å². The fourth-order valence-corrected chi connectivity index (χ4v) is 2.44. The van der Waals surface area contributed by atoms with Gasteiger partial charge in [-0.15, -0.1) is 0 Å². The van der Waals surface area contributed by atoms with Crippen molar-refractivity contribution in [1.29, 1.82) is 0 Å². The van der Waals surface area contributed by atoms with E-state index < -0.39 is 0 Å². The molecule has 16 heavy (non-hydrogen) atoms. The molecule has 2 unspecified atom stereocenters. The Morgan fingerprint density at radius 1 is 1.56 bits per heavy atom. The average molecular weight is 285 g/mol. The Morgan fingerprint density at radius 2 is 2.31 bits per heavy atom. The Hall–Kier alpha value is -0.740. The van der Waals surface area contributed by atoms with Crippen molar-refractivity contribution in [3.63, 3.8) is 0 Å². The molecule has 0 amide bonds. The van der Waals surface area contributed by atoms with E-state index in [9.17, 15) is 0 Å². The first-order valence-electron chi connectivity index (χ1n) is 5.46. The number of hydrogen-bond donors (Lipinski definition) is 2. The molecule has 0 radical (unpaired) electrons. The van der Waals surface area contributed by atoms with Crippen LogP contribution < -0.4 is 11.1 Å². The average Bonchev–Trinajstić information content (AvgIpc) is 2.52. The van der Waals surface area contributed by atoms with Crippen LogP contribution in [0.4, 0.5) is 11.4 Å². The van der Waals surface area contributed by atoms with Gasteiger partial charge >= 0.3 is 0 Å². The predicted octanol–water partition coefficient (Wildman–Crippen LogP) is 3.01. The summed E-state index contributed by atoms with van der Waals surface area (Å²) in [6.45, 7) is 5.11. The van der Waals surface area contributed by atoms with Gasteiger partial charge in [-0.2, -0.15) is 0 Å². The van der Waals surface area contributed by atoms with Crippen LogP contribution in [-0.2, 0) is 4.74 Å². The van der Waals surface area contributed by atoms with E-state index in [-0.39, 0.29) is 11.6 Å². The van der Waals surface area contributed by atoms with Crippen LogP contribution in [0.5, 0.6) is 0 Å². The first-order valence-corrected chi connectivity index (χ1v) is 6.25. The Kier molecular flexibility index (Phi) is 3.13. The first kappa shape index (κ1) is 11.7. The molecule has 1 saturated heterocycles. The van der Waals surface area contributed by atoms with Crippen molar-refractivity contribution in [2.45, 2.75) is 31.9 Å². The second kappa shape index (κ2) is 4.26. The summed E-state index contributed by atoms with van der Waals surface area (Å²) in [7, 11) is 0. The topological polar surface area (TPSA) is 47.3 Å². The van der Waals surface area contributed by atoms with Crippen molar-refractivity contribution < 1.29 is 4.74 Å². The first-order chi connectivity index (χ1) is 7.51. The van der Waals surface area contributed by atoms with E-state index in [1.807, 2.05) is 18.2 Å². The summed E-state index contributed by atoms with van der Waals surface area (Å²) in [5, 5.41) is 3.54. The zero-order valence-electron chi connectivity index (χ0n) is 9.59. The lowest BCUT2D eigenvalue weighted by molar-refractivity contribution is 0.105. The fraction of sp³-hybridized carbons (Fsp3) is 0.500. The van der Waals surface area contributed by atoms with Gasteiger partial charge in [0.2, 0.25) is 0 Å². The lowest BCUT2D eigenvalue weighted by atomic mass is 9.94. The van der Waals surface area contributed by atoms with Crippen LogP contribution in [-0.4, -0.2) is 18.2 Å². The standard InChI is InChI=1S/C12H17BrN2O/c1-8-12(2,5-6-16-8)15-11-4-3-9(14)7-10(11)13/h3-4,7-8,15H,5-6,14H2,1-2H3. The molecule has 2 rings (SSSR count). The SMILES string of the molecule is CC1OCCC1(C)Nc1ccc(N)cc1Br. The molecule has 4 heteroatoms. The van der Waals surface area contributed by atoms with Crippen LogP contribution in [0.3, 0.4) is 0 Å². The van der Waals surface area contributed by atoms with E-state index in [0.29, 0.717) is 0 Å². The molecule has 1 aromatic carbocycles. The van der Waals surface area contributed by atoms with Gasteiger partial charge in [-0.25, -0.2) is 0 Å². The van der Waals surface area contributed by atoms with Crippen LogP contribution in [0.2, 0.25) is 0 Å². The summed E-state index contributed by atoms with van der Waals surface area (Å²) in [5.41, 5.74) is 7.54. The second-order valence-corrected chi connectivity index (χ2v) is 5.40. The van der Waals surface area contributed by atoms with Crippen molar-refractivity contribution in [3.05, 3.63) is 22.7 Å². The van der Waals surface area contributed by atoms with E-state index in [2.05, 4.69) is 35.1 Å². The van der Waals surface area contributed by atoms with Crippen molar-refractivity contribution in [3.8, 4) is 0 Å². The molecule has 1 heterocycles. The zero-order valence-corrected chi connectivity index (χ0v) is 11.2. The van der Waals surface area contributed by atoms with Gasteiger partial charge in [0.15, 0.2) is 0 Å². The maximum absolute atomic E-state index is 5.71. The van der Waals surface area contributed by atoms with Gasteiger partial charge in [-0.3, -0.25) is 0 Å². The highest BCUT2D eigenvalue weighted by Gasteiger charge is 2.37. The Bertz CT molecular complexity index is 397. The fourth-order valence-electron chi connectivity index (χ4n) is 1.94. The number of benzene rings is 1. The molecule has 1 aliphatic rings. The molecular weight excluding hydrogens is 268 g/mol. The van der Waals surface area contributed by atoms with E-state index >= 15 is 0 Å². The van der Waals surface area contributed by atoms with E-state index in [1.54, 1.807) is 0 Å². The lowest BCUT2D eigenvalue weighted by Crippen LogP contribution is -2.41. The molecule has 0 aliphatic carbocycles. The normalized spacial score (nSPS) is 29.3. The number of halogens is 1. The number of nitrogens with two attached hydrogens (primary N) is 1. The summed E-state index contributed by atoms with van der Waals surface area (Å²) in [6, 6.07) is 5.80. The minimum atomic E-state index is -0.00135. The maximum Gasteiger partial charge on any atom is 0.0774 e. The van der Waals surface area contributed by atoms with E-state index in [0.717, 1.165) is 28.9 Å². The van der Waals surface area contributed by atoms with Gasteiger partial charge in [0, 0.05) is 22.5 Å². The third-order valence-corrected chi connectivity index (χ3v) is 3.96. The molecule has 0 bridgehead atoms. The van der Waals surface area contributed by atoms with Crippen molar-refractivity contribution in [1.82, 2.24) is 0 Å². The Morgan fingerprint density at radius 3 is 2.88 bits per heavy atom. The van der Waals surface area contributed by atoms with Gasteiger partial charge in [0.25, 0.3) is 0 Å². The molecule has 88 valence electrons. The molecule has 0 spiro atoms. The van der Waals surface area contributed by atoms with Crippen molar-refractivity contribution in [2.75, 3.05) is 17.7 Å². The minimum absolute atomic E-state index is 0.00135. The maximum atomic E-state index is 5.71. The van der Waals surface area contributed by atoms with Crippen LogP contribution in [0.25, 0.3) is 0 Å². The highest BCUT2D eigenvalue weighted by molar-refractivity contribution is 9.10. The van der Waals surface area contributed by atoms with Gasteiger partial charge in [-0.1, -0.05) is 0 Å². The van der Waals surface area contributed by atoms with Crippen LogP contribution >= 0.6 is 15.9 Å². The van der Waals surface area contributed by atoms with Gasteiger partial charge < -0.3 is 15.8 Å². The minimum Gasteiger partial charge on any atom is -0.399 e. The number of nitrogens with one attached hydrogen (secondary N) is 1. The Labute approximate surface area is 104 Å². The summed E-state index contributed by atoms with van der Waals surface area (Å²) < 4.78 is 6.60. The quantitative estimate of drug-likeness (QED) is 0.821. The highest BCUT2D eigenvalue weighted by Crippen LogP contribution is 2.33. The predicted molar refractivity (Wildman–Crippen MR) is 70.6 cm³/mol. The van der Waals surface area contributed by atoms with Gasteiger partial charge in [0.05, 0.1) is 11.6 Å².